The van der Waals surface area contributed by atoms with Gasteiger partial charge in [0.2, 0.25) is 18.1 Å². The van der Waals surface area contributed by atoms with Crippen LogP contribution in [0.2, 0.25) is 0 Å². The lowest BCUT2D eigenvalue weighted by molar-refractivity contribution is -0.278. The maximum Gasteiger partial charge on any atom is 0.407 e. The zero-order valence-corrected chi connectivity index (χ0v) is 26.6. The van der Waals surface area contributed by atoms with Gasteiger partial charge in [0.05, 0.1) is 19.6 Å². The molecule has 0 unspecified atom stereocenters. The number of anilines is 1. The number of ether oxygens (including phenoxy) is 3. The number of aliphatic carboxylic acids is 1. The Bertz CT molecular complexity index is 1450. The summed E-state index contributed by atoms with van der Waals surface area (Å²) < 4.78 is 16.1. The monoisotopic (exact) mass is 673 g/mol. The quantitative estimate of drug-likeness (QED) is 0.120. The van der Waals surface area contributed by atoms with Gasteiger partial charge in [-0.3, -0.25) is 14.7 Å². The van der Waals surface area contributed by atoms with Gasteiger partial charge in [0.25, 0.3) is 0 Å². The summed E-state index contributed by atoms with van der Waals surface area (Å²) in [6, 6.07) is 16.5. The van der Waals surface area contributed by atoms with Crippen molar-refractivity contribution in [1.29, 1.82) is 0 Å². The number of alkyl carbamates (subject to hydrolysis) is 1. The van der Waals surface area contributed by atoms with E-state index in [-0.39, 0.29) is 43.8 Å². The number of nitrogens with zero attached hydrogens (tertiary/aromatic N) is 1. The molecular formula is C32H43N5O11. The second-order valence-corrected chi connectivity index (χ2v) is 11.1. The number of carboxylic acid groups (broad SMARTS) is 1. The standard InChI is InChI=1S/C21H30N4O7.C11H13NO4/c1-10(2)16-13(7-11-3-5-12(6-4-11)23-15(27)8-22)20(25-24-16)32-21-19(30)18(29)17(28)14(9-26)31-21;13-10(14)6-7-12-11(15)16-8-9-4-2-1-3-5-9/h3-6,10,14,17-19,21,26,28-30H,7-9,22H2,1-2H3,(H,23,27)(H,24,25);1-5H,6-8H2,(H,12,15)(H,13,14)/t14-,17-,18+,19-,21+;/m1./s1. The molecule has 5 atom stereocenters. The first-order valence-corrected chi connectivity index (χ1v) is 15.2. The predicted octanol–water partition coefficient (Wildman–Crippen LogP) is 0.587. The third-order valence-corrected chi connectivity index (χ3v) is 7.14. The van der Waals surface area contributed by atoms with Crippen molar-refractivity contribution in [3.05, 3.63) is 77.0 Å². The van der Waals surface area contributed by atoms with Crippen molar-refractivity contribution < 1.29 is 54.1 Å². The van der Waals surface area contributed by atoms with Gasteiger partial charge in [0.15, 0.2) is 0 Å². The molecule has 0 aliphatic carbocycles. The van der Waals surface area contributed by atoms with Crippen molar-refractivity contribution in [3.8, 4) is 5.88 Å². The van der Waals surface area contributed by atoms with E-state index < -0.39 is 49.4 Å². The Morgan fingerprint density at radius 2 is 1.69 bits per heavy atom. The highest BCUT2D eigenvalue weighted by Gasteiger charge is 2.45. The van der Waals surface area contributed by atoms with E-state index in [4.69, 9.17) is 25.1 Å². The maximum atomic E-state index is 11.4. The molecule has 3 aromatic rings. The number of carbonyl (C=O) groups excluding carboxylic acids is 2. The minimum absolute atomic E-state index is 0.0724. The van der Waals surface area contributed by atoms with E-state index in [9.17, 15) is 34.8 Å². The number of carbonyl (C=O) groups is 3. The number of H-pyrrole nitrogens is 1. The third kappa shape index (κ3) is 11.3. The molecule has 1 aliphatic rings. The van der Waals surface area contributed by atoms with Crippen LogP contribution in [0.3, 0.4) is 0 Å². The fourth-order valence-corrected chi connectivity index (χ4v) is 4.55. The predicted molar refractivity (Wildman–Crippen MR) is 171 cm³/mol. The molecule has 4 rings (SSSR count). The maximum absolute atomic E-state index is 11.4. The fourth-order valence-electron chi connectivity index (χ4n) is 4.55. The van der Waals surface area contributed by atoms with E-state index in [0.29, 0.717) is 12.1 Å². The number of amides is 2. The van der Waals surface area contributed by atoms with Crippen LogP contribution in [0.25, 0.3) is 0 Å². The molecule has 0 bridgehead atoms. The molecule has 2 aromatic carbocycles. The number of hydrogen-bond donors (Lipinski definition) is 9. The summed E-state index contributed by atoms with van der Waals surface area (Å²) in [6.07, 6.45) is -7.26. The summed E-state index contributed by atoms with van der Waals surface area (Å²) in [5.74, 6) is -0.973. The largest absolute Gasteiger partial charge is 0.481 e. The Labute approximate surface area is 276 Å². The van der Waals surface area contributed by atoms with Crippen LogP contribution in [0, 0.1) is 0 Å². The highest BCUT2D eigenvalue weighted by atomic mass is 16.7. The molecule has 48 heavy (non-hydrogen) atoms. The smallest absolute Gasteiger partial charge is 0.407 e. The number of nitrogens with one attached hydrogen (secondary N) is 3. The van der Waals surface area contributed by atoms with Gasteiger partial charge >= 0.3 is 12.1 Å². The second-order valence-electron chi connectivity index (χ2n) is 11.1. The van der Waals surface area contributed by atoms with Gasteiger partial charge in [-0.25, -0.2) is 4.79 Å². The van der Waals surface area contributed by atoms with E-state index in [2.05, 4.69) is 20.8 Å². The number of aliphatic hydroxyl groups excluding tert-OH is 4. The number of benzene rings is 2. The lowest BCUT2D eigenvalue weighted by atomic mass is 9.98. The Morgan fingerprint density at radius 1 is 1.00 bits per heavy atom. The van der Waals surface area contributed by atoms with Crippen molar-refractivity contribution in [2.75, 3.05) is 25.0 Å². The van der Waals surface area contributed by atoms with Crippen LogP contribution in [-0.4, -0.2) is 104 Å². The number of aromatic amines is 1. The van der Waals surface area contributed by atoms with Gasteiger partial charge in [-0.1, -0.05) is 56.3 Å². The molecule has 0 radical (unpaired) electrons. The number of aromatic nitrogens is 2. The van der Waals surface area contributed by atoms with Gasteiger partial charge in [-0.05, 0) is 29.2 Å². The molecule has 1 saturated heterocycles. The van der Waals surface area contributed by atoms with Crippen LogP contribution in [0.1, 0.15) is 48.6 Å². The van der Waals surface area contributed by atoms with Crippen LogP contribution >= 0.6 is 0 Å². The van der Waals surface area contributed by atoms with E-state index in [1.807, 2.05) is 56.3 Å². The molecule has 10 N–H and O–H groups in total. The van der Waals surface area contributed by atoms with E-state index in [1.165, 1.54) is 0 Å². The Kier molecular flexibility index (Phi) is 14.7. The highest BCUT2D eigenvalue weighted by molar-refractivity contribution is 5.92. The summed E-state index contributed by atoms with van der Waals surface area (Å²) in [5, 5.41) is 60.1. The van der Waals surface area contributed by atoms with E-state index in [0.717, 1.165) is 22.4 Å². The zero-order valence-electron chi connectivity index (χ0n) is 26.6. The fraction of sp³-hybridized carbons (Fsp3) is 0.438. The number of aliphatic hydroxyl groups is 4. The van der Waals surface area contributed by atoms with Crippen molar-refractivity contribution in [1.82, 2.24) is 15.5 Å². The lowest BCUT2D eigenvalue weighted by Gasteiger charge is -2.39. The molecular weight excluding hydrogens is 630 g/mol. The first-order valence-electron chi connectivity index (χ1n) is 15.2. The van der Waals surface area contributed by atoms with Crippen molar-refractivity contribution in [3.63, 3.8) is 0 Å². The number of carboxylic acids is 1. The molecule has 0 saturated carbocycles. The number of nitrogens with two attached hydrogens (primary N) is 1. The highest BCUT2D eigenvalue weighted by Crippen LogP contribution is 2.31. The van der Waals surface area contributed by atoms with Crippen LogP contribution in [0.5, 0.6) is 5.88 Å². The van der Waals surface area contributed by atoms with E-state index >= 15 is 0 Å². The second kappa shape index (κ2) is 18.7. The van der Waals surface area contributed by atoms with E-state index in [1.54, 1.807) is 12.1 Å². The molecule has 1 aromatic heterocycles. The minimum Gasteiger partial charge on any atom is -0.481 e. The first kappa shape index (κ1) is 37.9. The molecule has 262 valence electrons. The van der Waals surface area contributed by atoms with Gasteiger partial charge in [-0.2, -0.15) is 0 Å². The average Bonchev–Trinajstić information content (AvgIpc) is 3.47. The molecule has 1 fully saturated rings. The first-order chi connectivity index (χ1) is 22.9. The topological polar surface area (TPSA) is 259 Å². The summed E-state index contributed by atoms with van der Waals surface area (Å²) >= 11 is 0. The van der Waals surface area contributed by atoms with Gasteiger partial charge in [-0.15, -0.1) is 5.10 Å². The summed E-state index contributed by atoms with van der Waals surface area (Å²) in [5.41, 5.74) is 9.29. The summed E-state index contributed by atoms with van der Waals surface area (Å²) in [4.78, 5) is 32.7. The number of hydrogen-bond acceptors (Lipinski definition) is 12. The van der Waals surface area contributed by atoms with Crippen LogP contribution < -0.4 is 21.1 Å². The van der Waals surface area contributed by atoms with Gasteiger partial charge in [0.1, 0.15) is 31.0 Å². The summed E-state index contributed by atoms with van der Waals surface area (Å²) in [6.45, 7) is 3.57. The molecule has 0 spiro atoms. The zero-order chi connectivity index (χ0) is 35.2. The molecule has 1 aliphatic heterocycles. The molecule has 2 amide bonds. The van der Waals surface area contributed by atoms with Crippen molar-refractivity contribution in [2.45, 2.75) is 69.9 Å². The Balaban J connectivity index is 0.000000328. The molecule has 2 heterocycles. The minimum atomic E-state index is -1.55. The van der Waals surface area contributed by atoms with Crippen LogP contribution in [0.15, 0.2) is 54.6 Å². The normalized spacial score (nSPS) is 20.3. The van der Waals surface area contributed by atoms with Crippen LogP contribution in [0.4, 0.5) is 10.5 Å². The number of rotatable bonds is 13. The summed E-state index contributed by atoms with van der Waals surface area (Å²) in [7, 11) is 0. The SMILES string of the molecule is CC(C)c1[nH]nc(O[C@@H]2O[C@H](CO)[C@@H](O)[C@H](O)[C@H]2O)c1Cc1ccc(NC(=O)CN)cc1.O=C(O)CCNC(=O)OCc1ccccc1. The van der Waals surface area contributed by atoms with Gasteiger partial charge in [0, 0.05) is 29.9 Å². The molecule has 16 heteroatoms. The van der Waals surface area contributed by atoms with Gasteiger partial charge < -0.3 is 56.1 Å². The lowest BCUT2D eigenvalue weighted by Crippen LogP contribution is -2.60. The Morgan fingerprint density at radius 3 is 2.29 bits per heavy atom. The molecule has 16 nitrogen and oxygen atoms in total. The van der Waals surface area contributed by atoms with Crippen molar-refractivity contribution >= 4 is 23.7 Å². The van der Waals surface area contributed by atoms with Crippen LogP contribution in [-0.2, 0) is 32.1 Å². The van der Waals surface area contributed by atoms with Crippen molar-refractivity contribution in [2.24, 2.45) is 5.73 Å². The average molecular weight is 674 g/mol. The Hall–Kier alpha value is -4.58. The third-order valence-electron chi connectivity index (χ3n) is 7.14.